The van der Waals surface area contributed by atoms with Crippen LogP contribution in [-0.2, 0) is 9.47 Å². The number of ether oxygens (including phenoxy) is 2. The van der Waals surface area contributed by atoms with E-state index in [2.05, 4.69) is 13.2 Å². The molecule has 4 heteroatoms. The van der Waals surface area contributed by atoms with Gasteiger partial charge in [0, 0.05) is 0 Å². The summed E-state index contributed by atoms with van der Waals surface area (Å²) in [5, 5.41) is 0. The van der Waals surface area contributed by atoms with Gasteiger partial charge in [-0.15, -0.1) is 0 Å². The van der Waals surface area contributed by atoms with Crippen molar-refractivity contribution in [2.24, 2.45) is 23.7 Å². The predicted octanol–water partition coefficient (Wildman–Crippen LogP) is 8.16. The molecule has 0 spiro atoms. The molecule has 3 aliphatic carbocycles. The van der Waals surface area contributed by atoms with Gasteiger partial charge in [0.25, 0.3) is 0 Å². The van der Waals surface area contributed by atoms with E-state index in [4.69, 9.17) is 9.47 Å². The van der Waals surface area contributed by atoms with Crippen LogP contribution < -0.4 is 0 Å². The van der Waals surface area contributed by atoms with Crippen molar-refractivity contribution < 1.29 is 18.3 Å². The summed E-state index contributed by atoms with van der Waals surface area (Å²) in [5.74, 6) is -0.0950. The normalized spacial score (nSPS) is 27.3. The first-order valence-electron chi connectivity index (χ1n) is 12.2. The smallest absolute Gasteiger partial charge is 0.203 e. The van der Waals surface area contributed by atoms with Crippen molar-refractivity contribution in [3.8, 4) is 0 Å². The number of allylic oxidation sites excluding steroid dienone is 2. The second kappa shape index (κ2) is 11.9. The van der Waals surface area contributed by atoms with Crippen LogP contribution in [0.4, 0.5) is 8.78 Å². The van der Waals surface area contributed by atoms with E-state index in [9.17, 15) is 8.78 Å². The van der Waals surface area contributed by atoms with Gasteiger partial charge in [-0.25, -0.2) is 0 Å². The molecule has 3 rings (SSSR count). The Morgan fingerprint density at radius 2 is 0.967 bits per heavy atom. The molecular formula is C26H40F2O2. The molecule has 0 aliphatic heterocycles. The van der Waals surface area contributed by atoms with Gasteiger partial charge in [0.2, 0.25) is 11.7 Å². The van der Waals surface area contributed by atoms with E-state index in [-0.39, 0.29) is 11.5 Å². The molecule has 0 unspecified atom stereocenters. The number of halogens is 2. The number of hydrogen-bond acceptors (Lipinski definition) is 2. The third-order valence-electron chi connectivity index (χ3n) is 7.60. The van der Waals surface area contributed by atoms with Gasteiger partial charge in [0.05, 0.1) is 13.2 Å². The van der Waals surface area contributed by atoms with Crippen molar-refractivity contribution in [3.63, 3.8) is 0 Å². The zero-order valence-electron chi connectivity index (χ0n) is 18.6. The molecule has 0 heterocycles. The van der Waals surface area contributed by atoms with Crippen LogP contribution in [0.15, 0.2) is 36.3 Å². The van der Waals surface area contributed by atoms with Crippen molar-refractivity contribution in [1.29, 1.82) is 0 Å². The van der Waals surface area contributed by atoms with Gasteiger partial charge in [-0.3, -0.25) is 0 Å². The van der Waals surface area contributed by atoms with Crippen molar-refractivity contribution in [3.05, 3.63) is 36.3 Å². The molecule has 0 radical (unpaired) electrons. The molecule has 170 valence electrons. The lowest BCUT2D eigenvalue weighted by Gasteiger charge is -2.35. The van der Waals surface area contributed by atoms with Crippen LogP contribution >= 0.6 is 0 Å². The molecule has 0 aromatic carbocycles. The fourth-order valence-electron chi connectivity index (χ4n) is 5.59. The quantitative estimate of drug-likeness (QED) is 0.275. The molecule has 0 bridgehead atoms. The largest absolute Gasteiger partial charge is 0.491 e. The Hall–Kier alpha value is -1.32. The minimum Gasteiger partial charge on any atom is -0.491 e. The molecule has 0 aromatic rings. The molecular weight excluding hydrogens is 382 g/mol. The maximum absolute atomic E-state index is 14.4. The van der Waals surface area contributed by atoms with Crippen LogP contribution in [0, 0.1) is 23.7 Å². The van der Waals surface area contributed by atoms with Gasteiger partial charge >= 0.3 is 0 Å². The van der Waals surface area contributed by atoms with Gasteiger partial charge in [0.15, 0.2) is 11.5 Å². The molecule has 0 saturated heterocycles. The predicted molar refractivity (Wildman–Crippen MR) is 118 cm³/mol. The van der Waals surface area contributed by atoms with Gasteiger partial charge in [-0.1, -0.05) is 64.5 Å². The minimum atomic E-state index is -1.09. The van der Waals surface area contributed by atoms with E-state index in [1.165, 1.54) is 64.2 Å². The molecule has 0 atom stereocenters. The lowest BCUT2D eigenvalue weighted by molar-refractivity contribution is 0.104. The number of rotatable bonds is 9. The highest BCUT2D eigenvalue weighted by Crippen LogP contribution is 2.40. The first kappa shape index (κ1) is 23.3. The Kier molecular flexibility index (Phi) is 9.27. The van der Waals surface area contributed by atoms with Gasteiger partial charge < -0.3 is 9.47 Å². The molecule has 30 heavy (non-hydrogen) atoms. The summed E-state index contributed by atoms with van der Waals surface area (Å²) in [6.07, 6.45) is 17.4. The molecule has 3 saturated carbocycles. The van der Waals surface area contributed by atoms with E-state index < -0.39 is 11.7 Å². The summed E-state index contributed by atoms with van der Waals surface area (Å²) in [5.41, 5.74) is 0. The van der Waals surface area contributed by atoms with Gasteiger partial charge in [-0.2, -0.15) is 8.78 Å². The average molecular weight is 423 g/mol. The van der Waals surface area contributed by atoms with Crippen LogP contribution in [0.3, 0.4) is 0 Å². The third-order valence-corrected chi connectivity index (χ3v) is 7.60. The molecule has 3 fully saturated rings. The van der Waals surface area contributed by atoms with Crippen LogP contribution in [0.1, 0.15) is 89.9 Å². The zero-order chi connectivity index (χ0) is 21.3. The SMILES string of the molecule is C=C(OCC1CCCCC1)/C(F)=C(/F)C(=C)OCC1CCC(C2CCCCC2)CC1. The summed E-state index contributed by atoms with van der Waals surface area (Å²) in [6.45, 7) is 7.95. The summed E-state index contributed by atoms with van der Waals surface area (Å²) in [4.78, 5) is 0. The Balaban J connectivity index is 1.37. The fraction of sp³-hybridized carbons (Fsp3) is 0.769. The average Bonchev–Trinajstić information content (AvgIpc) is 2.81. The van der Waals surface area contributed by atoms with Crippen molar-refractivity contribution in [2.45, 2.75) is 89.9 Å². The fourth-order valence-corrected chi connectivity index (χ4v) is 5.59. The van der Waals surface area contributed by atoms with E-state index in [1.807, 2.05) is 0 Å². The Morgan fingerprint density at radius 1 is 0.567 bits per heavy atom. The summed E-state index contributed by atoms with van der Waals surface area (Å²) in [6, 6.07) is 0. The monoisotopic (exact) mass is 422 g/mol. The molecule has 0 amide bonds. The highest BCUT2D eigenvalue weighted by atomic mass is 19.2. The highest BCUT2D eigenvalue weighted by Gasteiger charge is 2.29. The summed E-state index contributed by atoms with van der Waals surface area (Å²) >= 11 is 0. The van der Waals surface area contributed by atoms with Crippen molar-refractivity contribution >= 4 is 0 Å². The number of hydrogen-bond donors (Lipinski definition) is 0. The molecule has 3 aliphatic rings. The summed E-state index contributed by atoms with van der Waals surface area (Å²) < 4.78 is 39.7. The maximum atomic E-state index is 14.4. The van der Waals surface area contributed by atoms with Gasteiger partial charge in [0.1, 0.15) is 0 Å². The van der Waals surface area contributed by atoms with E-state index in [0.29, 0.717) is 25.0 Å². The first-order chi connectivity index (χ1) is 14.5. The lowest BCUT2D eigenvalue weighted by Crippen LogP contribution is -2.25. The van der Waals surface area contributed by atoms with Crippen LogP contribution in [0.2, 0.25) is 0 Å². The maximum Gasteiger partial charge on any atom is 0.203 e. The minimum absolute atomic E-state index is 0.246. The topological polar surface area (TPSA) is 18.5 Å². The molecule has 2 nitrogen and oxygen atoms in total. The summed E-state index contributed by atoms with van der Waals surface area (Å²) in [7, 11) is 0. The highest BCUT2D eigenvalue weighted by molar-refractivity contribution is 5.29. The second-order valence-electron chi connectivity index (χ2n) is 9.78. The van der Waals surface area contributed by atoms with Gasteiger partial charge in [-0.05, 0) is 62.2 Å². The first-order valence-corrected chi connectivity index (χ1v) is 12.2. The van der Waals surface area contributed by atoms with E-state index in [1.54, 1.807) is 0 Å². The van der Waals surface area contributed by atoms with E-state index in [0.717, 1.165) is 37.5 Å². The van der Waals surface area contributed by atoms with E-state index >= 15 is 0 Å². The molecule has 0 aromatic heterocycles. The Bertz CT molecular complexity index is 592. The van der Waals surface area contributed by atoms with Crippen LogP contribution in [-0.4, -0.2) is 13.2 Å². The van der Waals surface area contributed by atoms with Crippen LogP contribution in [0.5, 0.6) is 0 Å². The second-order valence-corrected chi connectivity index (χ2v) is 9.78. The zero-order valence-corrected chi connectivity index (χ0v) is 18.6. The Morgan fingerprint density at radius 3 is 1.47 bits per heavy atom. The lowest BCUT2D eigenvalue weighted by atomic mass is 9.71. The Labute approximate surface area is 181 Å². The van der Waals surface area contributed by atoms with Crippen molar-refractivity contribution in [2.75, 3.05) is 13.2 Å². The van der Waals surface area contributed by atoms with Crippen LogP contribution in [0.25, 0.3) is 0 Å². The van der Waals surface area contributed by atoms with Crippen molar-refractivity contribution in [1.82, 2.24) is 0 Å². The molecule has 0 N–H and O–H groups in total. The third kappa shape index (κ3) is 6.85. The standard InChI is InChI=1S/C26H40F2O2/c1-19(29-17-21-9-5-3-6-10-21)25(27)26(28)20(2)30-18-22-13-15-24(16-14-22)23-11-7-4-8-12-23/h21-24H,1-18H2/b26-25-.